The van der Waals surface area contributed by atoms with Crippen LogP contribution in [0.1, 0.15) is 56.7 Å². The molecular formula is C17H25N. The second-order valence-corrected chi connectivity index (χ2v) is 5.64. The van der Waals surface area contributed by atoms with Gasteiger partial charge in [0.2, 0.25) is 0 Å². The van der Waals surface area contributed by atoms with Crippen LogP contribution in [0, 0.1) is 31.1 Å². The fraction of sp³-hybridized carbons (Fsp3) is 0.588. The summed E-state index contributed by atoms with van der Waals surface area (Å²) in [7, 11) is 0. The molecule has 0 fully saturated rings. The number of hydrogen-bond acceptors (Lipinski definition) is 1. The third kappa shape index (κ3) is 2.75. The van der Waals surface area contributed by atoms with Gasteiger partial charge in [-0.1, -0.05) is 51.8 Å². The Hall–Kier alpha value is -1.29. The number of benzene rings is 1. The van der Waals surface area contributed by atoms with Crippen LogP contribution in [0.3, 0.4) is 0 Å². The molecule has 0 amide bonds. The molecule has 18 heavy (non-hydrogen) atoms. The number of aryl methyl sites for hydroxylation is 2. The number of nitrogens with zero attached hydrogens (tertiary/aromatic N) is 1. The highest BCUT2D eigenvalue weighted by atomic mass is 14.4. The number of hydrogen-bond donors (Lipinski definition) is 0. The lowest BCUT2D eigenvalue weighted by Gasteiger charge is -2.32. The van der Waals surface area contributed by atoms with Crippen LogP contribution in [0.4, 0.5) is 0 Å². The lowest BCUT2D eigenvalue weighted by molar-refractivity contribution is 0.358. The number of rotatable bonds is 5. The van der Waals surface area contributed by atoms with Crippen molar-refractivity contribution in [2.24, 2.45) is 5.92 Å². The van der Waals surface area contributed by atoms with E-state index < -0.39 is 0 Å². The minimum atomic E-state index is -0.325. The second-order valence-electron chi connectivity index (χ2n) is 5.64. The Balaban J connectivity index is 3.24. The third-order valence-electron chi connectivity index (χ3n) is 4.13. The average Bonchev–Trinajstić information content (AvgIpc) is 2.34. The minimum absolute atomic E-state index is 0.325. The molecule has 1 unspecified atom stereocenters. The Morgan fingerprint density at radius 1 is 1.22 bits per heavy atom. The standard InChI is InChI=1S/C17H25N/c1-6-7-10-17(12-18,13(2)3)16-9-8-14(4)15(5)11-16/h8-9,11,13H,6-7,10H2,1-5H3. The summed E-state index contributed by atoms with van der Waals surface area (Å²) >= 11 is 0. The van der Waals surface area contributed by atoms with E-state index in [-0.39, 0.29) is 5.41 Å². The molecule has 1 atom stereocenters. The van der Waals surface area contributed by atoms with Crippen LogP contribution in [0.5, 0.6) is 0 Å². The molecule has 0 heterocycles. The van der Waals surface area contributed by atoms with Crippen molar-refractivity contribution in [3.05, 3.63) is 34.9 Å². The van der Waals surface area contributed by atoms with Crippen molar-refractivity contribution in [1.82, 2.24) is 0 Å². The molecule has 0 saturated carbocycles. The molecule has 0 radical (unpaired) electrons. The molecule has 1 aromatic carbocycles. The number of unbranched alkanes of at least 4 members (excludes halogenated alkanes) is 1. The van der Waals surface area contributed by atoms with Gasteiger partial charge in [-0.05, 0) is 42.9 Å². The van der Waals surface area contributed by atoms with Gasteiger partial charge in [-0.15, -0.1) is 0 Å². The van der Waals surface area contributed by atoms with E-state index in [1.165, 1.54) is 16.7 Å². The Bertz CT molecular complexity index is 439. The molecule has 0 spiro atoms. The summed E-state index contributed by atoms with van der Waals surface area (Å²) < 4.78 is 0. The van der Waals surface area contributed by atoms with E-state index in [4.69, 9.17) is 0 Å². The van der Waals surface area contributed by atoms with Gasteiger partial charge in [-0.2, -0.15) is 5.26 Å². The van der Waals surface area contributed by atoms with E-state index in [9.17, 15) is 5.26 Å². The van der Waals surface area contributed by atoms with Crippen molar-refractivity contribution >= 4 is 0 Å². The van der Waals surface area contributed by atoms with Gasteiger partial charge in [0.05, 0.1) is 11.5 Å². The summed E-state index contributed by atoms with van der Waals surface area (Å²) in [4.78, 5) is 0. The molecule has 0 bridgehead atoms. The molecule has 1 heteroatoms. The van der Waals surface area contributed by atoms with Crippen LogP contribution in [0.25, 0.3) is 0 Å². The molecule has 0 saturated heterocycles. The topological polar surface area (TPSA) is 23.8 Å². The fourth-order valence-electron chi connectivity index (χ4n) is 2.49. The van der Waals surface area contributed by atoms with E-state index in [1.54, 1.807) is 0 Å². The largest absolute Gasteiger partial charge is 0.197 e. The van der Waals surface area contributed by atoms with Crippen molar-refractivity contribution in [2.45, 2.75) is 59.3 Å². The van der Waals surface area contributed by atoms with Gasteiger partial charge in [-0.3, -0.25) is 0 Å². The van der Waals surface area contributed by atoms with Crippen LogP contribution in [0.15, 0.2) is 18.2 Å². The Labute approximate surface area is 112 Å². The summed E-state index contributed by atoms with van der Waals surface area (Å²) in [5, 5.41) is 9.74. The van der Waals surface area contributed by atoms with Gasteiger partial charge in [-0.25, -0.2) is 0 Å². The highest BCUT2D eigenvalue weighted by Crippen LogP contribution is 2.37. The quantitative estimate of drug-likeness (QED) is 0.720. The fourth-order valence-corrected chi connectivity index (χ4v) is 2.49. The van der Waals surface area contributed by atoms with E-state index >= 15 is 0 Å². The SMILES string of the molecule is CCCCC(C#N)(c1ccc(C)c(C)c1)C(C)C. The van der Waals surface area contributed by atoms with E-state index in [0.29, 0.717) is 5.92 Å². The maximum atomic E-state index is 9.74. The van der Waals surface area contributed by atoms with E-state index in [1.807, 2.05) is 0 Å². The van der Waals surface area contributed by atoms with E-state index in [2.05, 4.69) is 58.9 Å². The zero-order chi connectivity index (χ0) is 13.8. The summed E-state index contributed by atoms with van der Waals surface area (Å²) in [5.74, 6) is 0.344. The third-order valence-corrected chi connectivity index (χ3v) is 4.13. The molecule has 0 aliphatic rings. The summed E-state index contributed by atoms with van der Waals surface area (Å²) in [5.41, 5.74) is 3.44. The first-order valence-electron chi connectivity index (χ1n) is 6.97. The Morgan fingerprint density at radius 2 is 1.89 bits per heavy atom. The highest BCUT2D eigenvalue weighted by molar-refractivity contribution is 5.39. The first-order chi connectivity index (χ1) is 8.47. The average molecular weight is 243 g/mol. The van der Waals surface area contributed by atoms with Gasteiger partial charge in [0, 0.05) is 0 Å². The zero-order valence-electron chi connectivity index (χ0n) is 12.4. The van der Waals surface area contributed by atoms with Gasteiger partial charge in [0.1, 0.15) is 0 Å². The second kappa shape index (κ2) is 6.05. The van der Waals surface area contributed by atoms with Crippen LogP contribution in [-0.4, -0.2) is 0 Å². The molecule has 1 aromatic rings. The van der Waals surface area contributed by atoms with Crippen molar-refractivity contribution in [1.29, 1.82) is 5.26 Å². The van der Waals surface area contributed by atoms with Crippen molar-refractivity contribution < 1.29 is 0 Å². The molecule has 1 rings (SSSR count). The molecular weight excluding hydrogens is 218 g/mol. The summed E-state index contributed by atoms with van der Waals surface area (Å²) in [6.45, 7) is 10.8. The normalized spacial score (nSPS) is 14.3. The van der Waals surface area contributed by atoms with Gasteiger partial charge in [0.15, 0.2) is 0 Å². The molecule has 0 N–H and O–H groups in total. The zero-order valence-corrected chi connectivity index (χ0v) is 12.4. The molecule has 98 valence electrons. The first kappa shape index (κ1) is 14.8. The van der Waals surface area contributed by atoms with Crippen LogP contribution < -0.4 is 0 Å². The van der Waals surface area contributed by atoms with Crippen molar-refractivity contribution in [3.8, 4) is 6.07 Å². The summed E-state index contributed by atoms with van der Waals surface area (Å²) in [6.07, 6.45) is 3.21. The van der Waals surface area contributed by atoms with E-state index in [0.717, 1.165) is 19.3 Å². The minimum Gasteiger partial charge on any atom is -0.197 e. The van der Waals surface area contributed by atoms with Crippen LogP contribution >= 0.6 is 0 Å². The van der Waals surface area contributed by atoms with Crippen LogP contribution in [0.2, 0.25) is 0 Å². The van der Waals surface area contributed by atoms with Crippen molar-refractivity contribution in [2.75, 3.05) is 0 Å². The van der Waals surface area contributed by atoms with Gasteiger partial charge < -0.3 is 0 Å². The Kier molecular flexibility index (Phi) is 4.96. The maximum absolute atomic E-state index is 9.74. The lowest BCUT2D eigenvalue weighted by Crippen LogP contribution is -2.30. The molecule has 0 aromatic heterocycles. The maximum Gasteiger partial charge on any atom is 0.0845 e. The lowest BCUT2D eigenvalue weighted by atomic mass is 9.69. The monoisotopic (exact) mass is 243 g/mol. The predicted molar refractivity (Wildman–Crippen MR) is 77.6 cm³/mol. The van der Waals surface area contributed by atoms with Crippen molar-refractivity contribution in [3.63, 3.8) is 0 Å². The Morgan fingerprint density at radius 3 is 2.33 bits per heavy atom. The van der Waals surface area contributed by atoms with Gasteiger partial charge >= 0.3 is 0 Å². The first-order valence-corrected chi connectivity index (χ1v) is 6.97. The highest BCUT2D eigenvalue weighted by Gasteiger charge is 2.35. The molecule has 0 aliphatic carbocycles. The molecule has 0 aliphatic heterocycles. The van der Waals surface area contributed by atoms with Crippen LogP contribution in [-0.2, 0) is 5.41 Å². The number of nitriles is 1. The smallest absolute Gasteiger partial charge is 0.0845 e. The van der Waals surface area contributed by atoms with Gasteiger partial charge in [0.25, 0.3) is 0 Å². The summed E-state index contributed by atoms with van der Waals surface area (Å²) in [6, 6.07) is 9.10. The predicted octanol–water partition coefficient (Wildman–Crippen LogP) is 4.91. The molecule has 1 nitrogen and oxygen atoms in total.